The summed E-state index contributed by atoms with van der Waals surface area (Å²) >= 11 is 0. The lowest BCUT2D eigenvalue weighted by Crippen LogP contribution is -2.35. The van der Waals surface area contributed by atoms with Gasteiger partial charge in [0.05, 0.1) is 18.4 Å². The van der Waals surface area contributed by atoms with Crippen molar-refractivity contribution < 1.29 is 4.74 Å². The highest BCUT2D eigenvalue weighted by molar-refractivity contribution is 5.09. The minimum absolute atomic E-state index is 0.404. The summed E-state index contributed by atoms with van der Waals surface area (Å²) in [7, 11) is 0. The molecule has 15 heavy (non-hydrogen) atoms. The van der Waals surface area contributed by atoms with Crippen molar-refractivity contribution in [3.05, 3.63) is 29.6 Å². The topological polar surface area (TPSA) is 48.1 Å². The number of hydrogen-bond donors (Lipinski definition) is 1. The zero-order valence-corrected chi connectivity index (χ0v) is 9.15. The van der Waals surface area contributed by atoms with Crippen molar-refractivity contribution in [3.63, 3.8) is 0 Å². The van der Waals surface area contributed by atoms with Crippen LogP contribution in [0.15, 0.2) is 18.2 Å². The predicted octanol–water partition coefficient (Wildman–Crippen LogP) is 1.64. The summed E-state index contributed by atoms with van der Waals surface area (Å²) in [5, 5.41) is 0. The first-order valence-electron chi connectivity index (χ1n) is 5.52. The molecule has 1 fully saturated rings. The van der Waals surface area contributed by atoms with E-state index in [0.29, 0.717) is 18.6 Å². The molecule has 3 heteroatoms. The lowest BCUT2D eigenvalue weighted by Gasteiger charge is -2.34. The van der Waals surface area contributed by atoms with Gasteiger partial charge in [0.15, 0.2) is 0 Å². The van der Waals surface area contributed by atoms with E-state index in [1.165, 1.54) is 0 Å². The molecule has 0 aliphatic heterocycles. The second-order valence-electron chi connectivity index (χ2n) is 4.28. The first kappa shape index (κ1) is 10.6. The Morgan fingerprint density at radius 3 is 2.93 bits per heavy atom. The maximum Gasteiger partial charge on any atom is 0.0891 e. The molecule has 0 saturated heterocycles. The maximum atomic E-state index is 5.73. The van der Waals surface area contributed by atoms with Crippen LogP contribution in [0.3, 0.4) is 0 Å². The number of rotatable bonds is 4. The summed E-state index contributed by atoms with van der Waals surface area (Å²) in [4.78, 5) is 4.39. The van der Waals surface area contributed by atoms with Crippen molar-refractivity contribution in [1.29, 1.82) is 0 Å². The molecule has 0 radical (unpaired) electrons. The molecule has 2 rings (SSSR count). The zero-order chi connectivity index (χ0) is 10.7. The normalized spacial score (nSPS) is 24.9. The highest BCUT2D eigenvalue weighted by Gasteiger charge is 2.28. The van der Waals surface area contributed by atoms with Crippen molar-refractivity contribution >= 4 is 0 Å². The van der Waals surface area contributed by atoms with E-state index in [1.807, 2.05) is 25.1 Å². The predicted molar refractivity (Wildman–Crippen MR) is 59.3 cm³/mol. The van der Waals surface area contributed by atoms with E-state index in [1.54, 1.807) is 0 Å². The van der Waals surface area contributed by atoms with Gasteiger partial charge in [0.2, 0.25) is 0 Å². The minimum Gasteiger partial charge on any atom is -0.372 e. The third-order valence-corrected chi connectivity index (χ3v) is 2.94. The quantitative estimate of drug-likeness (QED) is 0.814. The second kappa shape index (κ2) is 4.73. The van der Waals surface area contributed by atoms with Gasteiger partial charge in [-0.05, 0) is 44.4 Å². The summed E-state index contributed by atoms with van der Waals surface area (Å²) in [5.41, 5.74) is 7.62. The fourth-order valence-corrected chi connectivity index (χ4v) is 1.89. The van der Waals surface area contributed by atoms with Crippen LogP contribution in [-0.2, 0) is 11.3 Å². The van der Waals surface area contributed by atoms with E-state index >= 15 is 0 Å². The zero-order valence-electron chi connectivity index (χ0n) is 9.15. The fourth-order valence-electron chi connectivity index (χ4n) is 1.89. The van der Waals surface area contributed by atoms with Gasteiger partial charge in [-0.3, -0.25) is 4.98 Å². The van der Waals surface area contributed by atoms with Crippen LogP contribution in [0.25, 0.3) is 0 Å². The van der Waals surface area contributed by atoms with Crippen LogP contribution in [0.4, 0.5) is 0 Å². The van der Waals surface area contributed by atoms with E-state index in [4.69, 9.17) is 10.5 Å². The van der Waals surface area contributed by atoms with Crippen LogP contribution >= 0.6 is 0 Å². The lowest BCUT2D eigenvalue weighted by molar-refractivity contribution is -0.0387. The average Bonchev–Trinajstić information content (AvgIpc) is 2.16. The Kier molecular flexibility index (Phi) is 3.34. The number of nitrogens with zero attached hydrogens (tertiary/aromatic N) is 1. The summed E-state index contributed by atoms with van der Waals surface area (Å²) in [6, 6.07) is 6.02. The second-order valence-corrected chi connectivity index (χ2v) is 4.28. The highest BCUT2D eigenvalue weighted by atomic mass is 16.5. The number of ether oxygens (including phenoxy) is 1. The van der Waals surface area contributed by atoms with Crippen LogP contribution < -0.4 is 5.73 Å². The van der Waals surface area contributed by atoms with Gasteiger partial charge in [-0.1, -0.05) is 6.07 Å². The smallest absolute Gasteiger partial charge is 0.0891 e. The molecule has 1 aliphatic rings. The molecule has 0 unspecified atom stereocenters. The van der Waals surface area contributed by atoms with E-state index in [9.17, 15) is 0 Å². The van der Waals surface area contributed by atoms with Crippen molar-refractivity contribution in [3.8, 4) is 0 Å². The SMILES string of the molecule is Cc1cccc(COC2CC(CN)C2)n1. The van der Waals surface area contributed by atoms with Crippen LogP contribution in [0, 0.1) is 12.8 Å². The standard InChI is InChI=1S/C12H18N2O/c1-9-3-2-4-11(14-9)8-15-12-5-10(6-12)7-13/h2-4,10,12H,5-8,13H2,1H3. The van der Waals surface area contributed by atoms with Gasteiger partial charge in [0, 0.05) is 5.69 Å². The van der Waals surface area contributed by atoms with Crippen LogP contribution in [-0.4, -0.2) is 17.6 Å². The lowest BCUT2D eigenvalue weighted by atomic mass is 9.82. The van der Waals surface area contributed by atoms with Gasteiger partial charge in [-0.25, -0.2) is 0 Å². The van der Waals surface area contributed by atoms with Gasteiger partial charge in [0.25, 0.3) is 0 Å². The summed E-state index contributed by atoms with van der Waals surface area (Å²) < 4.78 is 5.73. The third-order valence-electron chi connectivity index (χ3n) is 2.94. The Bertz CT molecular complexity index is 321. The summed E-state index contributed by atoms with van der Waals surface area (Å²) in [5.74, 6) is 0.681. The van der Waals surface area contributed by atoms with Crippen LogP contribution in [0.5, 0.6) is 0 Å². The third kappa shape index (κ3) is 2.76. The van der Waals surface area contributed by atoms with Gasteiger partial charge in [-0.2, -0.15) is 0 Å². The van der Waals surface area contributed by atoms with Crippen molar-refractivity contribution in [2.24, 2.45) is 11.7 Å². The molecule has 82 valence electrons. The van der Waals surface area contributed by atoms with Gasteiger partial charge in [-0.15, -0.1) is 0 Å². The number of aromatic nitrogens is 1. The molecule has 1 saturated carbocycles. The largest absolute Gasteiger partial charge is 0.372 e. The summed E-state index contributed by atoms with van der Waals surface area (Å²) in [6.07, 6.45) is 2.63. The molecule has 0 aromatic carbocycles. The Labute approximate surface area is 90.7 Å². The van der Waals surface area contributed by atoms with Gasteiger partial charge in [0.1, 0.15) is 0 Å². The number of aryl methyl sites for hydroxylation is 1. The monoisotopic (exact) mass is 206 g/mol. The van der Waals surface area contributed by atoms with Gasteiger partial charge < -0.3 is 10.5 Å². The molecule has 0 spiro atoms. The summed E-state index contributed by atoms with van der Waals surface area (Å²) in [6.45, 7) is 3.42. The van der Waals surface area contributed by atoms with E-state index in [-0.39, 0.29) is 0 Å². The molecular weight excluding hydrogens is 188 g/mol. The molecule has 1 aliphatic carbocycles. The number of nitrogens with two attached hydrogens (primary N) is 1. The number of pyridine rings is 1. The van der Waals surface area contributed by atoms with Crippen molar-refractivity contribution in [1.82, 2.24) is 4.98 Å². The van der Waals surface area contributed by atoms with Crippen molar-refractivity contribution in [2.75, 3.05) is 6.54 Å². The van der Waals surface area contributed by atoms with Crippen molar-refractivity contribution in [2.45, 2.75) is 32.5 Å². The molecule has 0 amide bonds. The molecule has 0 bridgehead atoms. The van der Waals surface area contributed by atoms with Crippen LogP contribution in [0.2, 0.25) is 0 Å². The molecule has 1 heterocycles. The molecule has 1 aromatic heterocycles. The Hall–Kier alpha value is -0.930. The Morgan fingerprint density at radius 2 is 2.27 bits per heavy atom. The fraction of sp³-hybridized carbons (Fsp3) is 0.583. The van der Waals surface area contributed by atoms with Crippen LogP contribution in [0.1, 0.15) is 24.2 Å². The van der Waals surface area contributed by atoms with Gasteiger partial charge >= 0.3 is 0 Å². The molecule has 2 N–H and O–H groups in total. The first-order chi connectivity index (χ1) is 7.28. The average molecular weight is 206 g/mol. The Morgan fingerprint density at radius 1 is 1.47 bits per heavy atom. The maximum absolute atomic E-state index is 5.73. The number of hydrogen-bond acceptors (Lipinski definition) is 3. The minimum atomic E-state index is 0.404. The molecule has 1 aromatic rings. The Balaban J connectivity index is 1.75. The molecular formula is C12H18N2O. The van der Waals surface area contributed by atoms with E-state index in [2.05, 4.69) is 4.98 Å². The first-order valence-corrected chi connectivity index (χ1v) is 5.52. The van der Waals surface area contributed by atoms with E-state index in [0.717, 1.165) is 30.8 Å². The molecule has 3 nitrogen and oxygen atoms in total. The van der Waals surface area contributed by atoms with E-state index < -0.39 is 0 Å². The highest BCUT2D eigenvalue weighted by Crippen LogP contribution is 2.29. The molecule has 0 atom stereocenters.